The molecular formula is C15H12Cl2F3NO2S. The van der Waals surface area contributed by atoms with Crippen LogP contribution < -0.4 is 4.72 Å². The van der Waals surface area contributed by atoms with Gasteiger partial charge in [-0.25, -0.2) is 13.1 Å². The highest BCUT2D eigenvalue weighted by Gasteiger charge is 2.29. The van der Waals surface area contributed by atoms with Crippen LogP contribution in [-0.4, -0.2) is 8.42 Å². The van der Waals surface area contributed by atoms with Crippen molar-refractivity contribution in [1.82, 2.24) is 4.72 Å². The average molecular weight is 398 g/mol. The smallest absolute Gasteiger partial charge is 0.212 e. The highest BCUT2D eigenvalue weighted by Crippen LogP contribution is 2.29. The summed E-state index contributed by atoms with van der Waals surface area (Å²) in [6.45, 7) is -0.109. The van der Waals surface area contributed by atoms with Gasteiger partial charge in [0.2, 0.25) is 10.0 Å². The van der Waals surface area contributed by atoms with E-state index in [2.05, 4.69) is 4.72 Å². The molecular weight excluding hydrogens is 386 g/mol. The van der Waals surface area contributed by atoms with Gasteiger partial charge >= 0.3 is 6.18 Å². The van der Waals surface area contributed by atoms with Crippen LogP contribution in [0, 0.1) is 0 Å². The highest BCUT2D eigenvalue weighted by atomic mass is 35.5. The third-order valence-electron chi connectivity index (χ3n) is 3.12. The number of halogens is 5. The van der Waals surface area contributed by atoms with Crippen LogP contribution in [0.4, 0.5) is 13.2 Å². The predicted molar refractivity (Wildman–Crippen MR) is 87.4 cm³/mol. The summed E-state index contributed by atoms with van der Waals surface area (Å²) in [5, 5.41) is 0.558. The molecule has 0 amide bonds. The van der Waals surface area contributed by atoms with Crippen molar-refractivity contribution in [2.75, 3.05) is 0 Å². The molecule has 2 rings (SSSR count). The molecule has 0 unspecified atom stereocenters. The Morgan fingerprint density at radius 2 is 1.50 bits per heavy atom. The van der Waals surface area contributed by atoms with Crippen molar-refractivity contribution in [2.45, 2.75) is 18.5 Å². The lowest BCUT2D eigenvalue weighted by Crippen LogP contribution is -2.24. The van der Waals surface area contributed by atoms with Gasteiger partial charge in [-0.2, -0.15) is 13.2 Å². The fourth-order valence-electron chi connectivity index (χ4n) is 1.90. The Kier molecular flexibility index (Phi) is 5.80. The Morgan fingerprint density at radius 1 is 0.917 bits per heavy atom. The summed E-state index contributed by atoms with van der Waals surface area (Å²) in [6, 6.07) is 8.73. The molecule has 1 N–H and O–H groups in total. The lowest BCUT2D eigenvalue weighted by Gasteiger charge is -2.09. The van der Waals surface area contributed by atoms with Gasteiger partial charge in [-0.1, -0.05) is 41.4 Å². The fraction of sp³-hybridized carbons (Fsp3) is 0.200. The van der Waals surface area contributed by atoms with Gasteiger partial charge in [0.1, 0.15) is 0 Å². The van der Waals surface area contributed by atoms with Crippen molar-refractivity contribution in [3.05, 3.63) is 69.2 Å². The quantitative estimate of drug-likeness (QED) is 0.798. The van der Waals surface area contributed by atoms with Gasteiger partial charge in [-0.15, -0.1) is 0 Å². The van der Waals surface area contributed by atoms with Crippen molar-refractivity contribution in [3.8, 4) is 0 Å². The molecule has 0 radical (unpaired) electrons. The van der Waals surface area contributed by atoms with Crippen molar-refractivity contribution in [3.63, 3.8) is 0 Å². The molecule has 0 aliphatic rings. The second-order valence-corrected chi connectivity index (χ2v) is 7.64. The summed E-state index contributed by atoms with van der Waals surface area (Å²) >= 11 is 11.6. The van der Waals surface area contributed by atoms with Crippen LogP contribution in [0.5, 0.6) is 0 Å². The lowest BCUT2D eigenvalue weighted by molar-refractivity contribution is -0.137. The number of rotatable bonds is 5. The molecule has 0 saturated heterocycles. The number of alkyl halides is 3. The second-order valence-electron chi connectivity index (χ2n) is 5.02. The zero-order valence-electron chi connectivity index (χ0n) is 12.1. The molecule has 130 valence electrons. The third-order valence-corrected chi connectivity index (χ3v) is 5.15. The normalized spacial score (nSPS) is 12.4. The molecule has 0 aliphatic carbocycles. The Morgan fingerprint density at radius 3 is 2.04 bits per heavy atom. The van der Waals surface area contributed by atoms with Crippen LogP contribution in [0.15, 0.2) is 42.5 Å². The molecule has 0 aromatic heterocycles. The van der Waals surface area contributed by atoms with Gasteiger partial charge < -0.3 is 0 Å². The number of benzene rings is 2. The van der Waals surface area contributed by atoms with E-state index in [9.17, 15) is 21.6 Å². The van der Waals surface area contributed by atoms with Crippen molar-refractivity contribution in [2.24, 2.45) is 0 Å². The third kappa shape index (κ3) is 5.37. The van der Waals surface area contributed by atoms with Crippen LogP contribution in [-0.2, 0) is 28.5 Å². The van der Waals surface area contributed by atoms with E-state index in [0.29, 0.717) is 16.1 Å². The molecule has 0 atom stereocenters. The average Bonchev–Trinajstić information content (AvgIpc) is 2.48. The van der Waals surface area contributed by atoms with Gasteiger partial charge in [0.05, 0.1) is 21.4 Å². The van der Waals surface area contributed by atoms with E-state index in [0.717, 1.165) is 12.1 Å². The van der Waals surface area contributed by atoms with Gasteiger partial charge in [0, 0.05) is 6.54 Å². The molecule has 0 spiro atoms. The first-order chi connectivity index (χ1) is 11.1. The molecule has 9 heteroatoms. The van der Waals surface area contributed by atoms with E-state index < -0.39 is 21.8 Å². The summed E-state index contributed by atoms with van der Waals surface area (Å²) in [5.41, 5.74) is 0.0787. The van der Waals surface area contributed by atoms with Crippen LogP contribution in [0.2, 0.25) is 10.0 Å². The molecule has 2 aromatic rings. The fourth-order valence-corrected chi connectivity index (χ4v) is 3.33. The molecule has 0 fully saturated rings. The first-order valence-corrected chi connectivity index (χ1v) is 9.05. The standard InChI is InChI=1S/C15H12Cl2F3NO2S/c16-13-6-3-11(7-14(13)17)9-24(22,23)21-8-10-1-4-12(5-2-10)15(18,19)20/h1-7,21H,8-9H2. The minimum Gasteiger partial charge on any atom is -0.212 e. The van der Waals surface area contributed by atoms with E-state index in [1.54, 1.807) is 0 Å². The molecule has 0 saturated carbocycles. The van der Waals surface area contributed by atoms with Gasteiger partial charge in [0.25, 0.3) is 0 Å². The first kappa shape index (κ1) is 19.1. The summed E-state index contributed by atoms with van der Waals surface area (Å²) in [5.74, 6) is -0.315. The maximum atomic E-state index is 12.5. The molecule has 0 aliphatic heterocycles. The second kappa shape index (κ2) is 7.31. The summed E-state index contributed by atoms with van der Waals surface area (Å²) < 4.78 is 63.8. The van der Waals surface area contributed by atoms with Gasteiger partial charge in [-0.05, 0) is 35.4 Å². The topological polar surface area (TPSA) is 46.2 Å². The molecule has 24 heavy (non-hydrogen) atoms. The Bertz CT molecular complexity index is 822. The Balaban J connectivity index is 2.00. The Hall–Kier alpha value is -1.28. The van der Waals surface area contributed by atoms with E-state index in [1.165, 1.54) is 30.3 Å². The predicted octanol–water partition coefficient (Wildman–Crippen LogP) is 4.63. The van der Waals surface area contributed by atoms with Gasteiger partial charge in [0.15, 0.2) is 0 Å². The number of hydrogen-bond donors (Lipinski definition) is 1. The SMILES string of the molecule is O=S(=O)(Cc1ccc(Cl)c(Cl)c1)NCc1ccc(C(F)(F)F)cc1. The zero-order valence-corrected chi connectivity index (χ0v) is 14.4. The maximum Gasteiger partial charge on any atom is 0.416 e. The largest absolute Gasteiger partial charge is 0.416 e. The summed E-state index contributed by atoms with van der Waals surface area (Å²) in [4.78, 5) is 0. The maximum absolute atomic E-state index is 12.5. The summed E-state index contributed by atoms with van der Waals surface area (Å²) in [6.07, 6.45) is -4.42. The molecule has 0 bridgehead atoms. The molecule has 2 aromatic carbocycles. The number of nitrogens with one attached hydrogen (secondary N) is 1. The van der Waals surface area contributed by atoms with E-state index in [1.807, 2.05) is 0 Å². The van der Waals surface area contributed by atoms with E-state index in [-0.39, 0.29) is 17.3 Å². The number of hydrogen-bond acceptors (Lipinski definition) is 2. The van der Waals surface area contributed by atoms with Gasteiger partial charge in [-0.3, -0.25) is 0 Å². The molecule has 0 heterocycles. The van der Waals surface area contributed by atoms with Crippen LogP contribution in [0.25, 0.3) is 0 Å². The lowest BCUT2D eigenvalue weighted by atomic mass is 10.1. The molecule has 3 nitrogen and oxygen atoms in total. The van der Waals surface area contributed by atoms with Crippen LogP contribution in [0.3, 0.4) is 0 Å². The van der Waals surface area contributed by atoms with Crippen molar-refractivity contribution in [1.29, 1.82) is 0 Å². The highest BCUT2D eigenvalue weighted by molar-refractivity contribution is 7.88. The van der Waals surface area contributed by atoms with E-state index >= 15 is 0 Å². The van der Waals surface area contributed by atoms with Crippen LogP contribution >= 0.6 is 23.2 Å². The minimum atomic E-state index is -4.42. The Labute approximate surface area is 147 Å². The van der Waals surface area contributed by atoms with Crippen LogP contribution in [0.1, 0.15) is 16.7 Å². The van der Waals surface area contributed by atoms with Crippen molar-refractivity contribution < 1.29 is 21.6 Å². The zero-order chi connectivity index (χ0) is 18.0. The summed E-state index contributed by atoms with van der Waals surface area (Å²) in [7, 11) is -3.67. The minimum absolute atomic E-state index is 0.109. The van der Waals surface area contributed by atoms with E-state index in [4.69, 9.17) is 23.2 Å². The number of sulfonamides is 1. The first-order valence-electron chi connectivity index (χ1n) is 6.64. The monoisotopic (exact) mass is 397 g/mol. The van der Waals surface area contributed by atoms with Crippen molar-refractivity contribution >= 4 is 33.2 Å².